The molecule has 6 nitrogen and oxygen atoms in total. The minimum absolute atomic E-state index is 0.139. The standard InChI is InChI=1S/C15H9FN4O2/c16-11-5-8(7-17)1-3-10(11)14(21)18-9-2-4-12-13(6-9)20-15(22)19-12/h1-6H,(H,18,21)(H2,19,20,22). The Morgan fingerprint density at radius 3 is 2.64 bits per heavy atom. The number of halogens is 1. The molecule has 0 atom stereocenters. The van der Waals surface area contributed by atoms with Gasteiger partial charge >= 0.3 is 5.69 Å². The average molecular weight is 296 g/mol. The molecule has 2 aromatic carbocycles. The highest BCUT2D eigenvalue weighted by molar-refractivity contribution is 6.05. The molecule has 3 rings (SSSR count). The number of aromatic amines is 2. The van der Waals surface area contributed by atoms with Crippen LogP contribution in [0.25, 0.3) is 11.0 Å². The van der Waals surface area contributed by atoms with Gasteiger partial charge in [0.05, 0.1) is 28.2 Å². The van der Waals surface area contributed by atoms with E-state index in [2.05, 4.69) is 15.3 Å². The second-order valence-electron chi connectivity index (χ2n) is 4.60. The number of rotatable bonds is 2. The van der Waals surface area contributed by atoms with Gasteiger partial charge in [0.2, 0.25) is 0 Å². The van der Waals surface area contributed by atoms with Crippen LogP contribution in [0.4, 0.5) is 10.1 Å². The second kappa shape index (κ2) is 5.18. The van der Waals surface area contributed by atoms with Gasteiger partial charge < -0.3 is 15.3 Å². The van der Waals surface area contributed by atoms with Crippen molar-refractivity contribution in [3.05, 3.63) is 63.8 Å². The lowest BCUT2D eigenvalue weighted by molar-refractivity contribution is 0.102. The third-order valence-corrected chi connectivity index (χ3v) is 3.12. The van der Waals surface area contributed by atoms with Gasteiger partial charge in [0.15, 0.2) is 0 Å². The number of imidazole rings is 1. The zero-order chi connectivity index (χ0) is 15.7. The van der Waals surface area contributed by atoms with Crippen molar-refractivity contribution in [1.29, 1.82) is 5.26 Å². The molecule has 3 aromatic rings. The molecule has 0 aliphatic rings. The normalized spacial score (nSPS) is 10.4. The molecule has 0 saturated heterocycles. The van der Waals surface area contributed by atoms with Crippen LogP contribution < -0.4 is 11.0 Å². The highest BCUT2D eigenvalue weighted by atomic mass is 19.1. The van der Waals surface area contributed by atoms with E-state index < -0.39 is 11.7 Å². The Kier molecular flexibility index (Phi) is 3.20. The van der Waals surface area contributed by atoms with Crippen molar-refractivity contribution in [3.63, 3.8) is 0 Å². The first-order chi connectivity index (χ1) is 10.6. The fourth-order valence-corrected chi connectivity index (χ4v) is 2.08. The number of hydrogen-bond donors (Lipinski definition) is 3. The smallest absolute Gasteiger partial charge is 0.322 e. The molecule has 108 valence electrons. The lowest BCUT2D eigenvalue weighted by atomic mass is 10.1. The second-order valence-corrected chi connectivity index (χ2v) is 4.60. The Labute approximate surface area is 123 Å². The van der Waals surface area contributed by atoms with E-state index in [9.17, 15) is 14.0 Å². The maximum Gasteiger partial charge on any atom is 0.323 e. The van der Waals surface area contributed by atoms with Crippen LogP contribution in [-0.2, 0) is 0 Å². The van der Waals surface area contributed by atoms with Crippen LogP contribution in [0.2, 0.25) is 0 Å². The number of anilines is 1. The quantitative estimate of drug-likeness (QED) is 0.675. The highest BCUT2D eigenvalue weighted by Gasteiger charge is 2.13. The molecule has 0 aliphatic carbocycles. The molecular formula is C15H9FN4O2. The van der Waals surface area contributed by atoms with Crippen molar-refractivity contribution in [2.75, 3.05) is 5.32 Å². The SMILES string of the molecule is N#Cc1ccc(C(=O)Nc2ccc3[nH]c(=O)[nH]c3c2)c(F)c1. The first-order valence-corrected chi connectivity index (χ1v) is 6.30. The van der Waals surface area contributed by atoms with Gasteiger partial charge in [0, 0.05) is 5.69 Å². The molecule has 1 heterocycles. The molecule has 1 aromatic heterocycles. The zero-order valence-electron chi connectivity index (χ0n) is 11.1. The van der Waals surface area contributed by atoms with Crippen molar-refractivity contribution >= 4 is 22.6 Å². The lowest BCUT2D eigenvalue weighted by Crippen LogP contribution is -2.13. The van der Waals surface area contributed by atoms with Gasteiger partial charge in [-0.25, -0.2) is 9.18 Å². The number of amides is 1. The molecule has 1 amide bonds. The summed E-state index contributed by atoms with van der Waals surface area (Å²) in [6, 6.07) is 10.2. The van der Waals surface area contributed by atoms with Crippen LogP contribution in [0.3, 0.4) is 0 Å². The topological polar surface area (TPSA) is 102 Å². The van der Waals surface area contributed by atoms with E-state index in [1.165, 1.54) is 12.1 Å². The lowest BCUT2D eigenvalue weighted by Gasteiger charge is -2.06. The van der Waals surface area contributed by atoms with Crippen LogP contribution in [-0.4, -0.2) is 15.9 Å². The van der Waals surface area contributed by atoms with E-state index in [-0.39, 0.29) is 16.8 Å². The van der Waals surface area contributed by atoms with Crippen molar-refractivity contribution in [2.45, 2.75) is 0 Å². The van der Waals surface area contributed by atoms with Crippen LogP contribution in [0.15, 0.2) is 41.2 Å². The molecule has 0 unspecified atom stereocenters. The van der Waals surface area contributed by atoms with Crippen LogP contribution >= 0.6 is 0 Å². The first-order valence-electron chi connectivity index (χ1n) is 6.30. The number of nitriles is 1. The fraction of sp³-hybridized carbons (Fsp3) is 0. The Bertz CT molecular complexity index is 981. The minimum atomic E-state index is -0.771. The van der Waals surface area contributed by atoms with E-state index in [0.29, 0.717) is 16.7 Å². The molecule has 7 heteroatoms. The van der Waals surface area contributed by atoms with Crippen LogP contribution in [0.5, 0.6) is 0 Å². The van der Waals surface area contributed by atoms with Gasteiger partial charge in [0.25, 0.3) is 5.91 Å². The van der Waals surface area contributed by atoms with Gasteiger partial charge in [-0.15, -0.1) is 0 Å². The maximum atomic E-state index is 13.8. The van der Waals surface area contributed by atoms with Gasteiger partial charge in [-0.2, -0.15) is 5.26 Å². The minimum Gasteiger partial charge on any atom is -0.322 e. The van der Waals surface area contributed by atoms with Gasteiger partial charge in [-0.1, -0.05) is 0 Å². The van der Waals surface area contributed by atoms with E-state index in [4.69, 9.17) is 5.26 Å². The summed E-state index contributed by atoms with van der Waals surface area (Å²) in [5.74, 6) is -1.41. The largest absolute Gasteiger partial charge is 0.323 e. The predicted molar refractivity (Wildman–Crippen MR) is 78.0 cm³/mol. The maximum absolute atomic E-state index is 13.8. The van der Waals surface area contributed by atoms with Crippen molar-refractivity contribution in [3.8, 4) is 6.07 Å². The summed E-state index contributed by atoms with van der Waals surface area (Å²) in [6.45, 7) is 0. The third-order valence-electron chi connectivity index (χ3n) is 3.12. The molecule has 0 radical (unpaired) electrons. The number of H-pyrrole nitrogens is 2. The van der Waals surface area contributed by atoms with Gasteiger partial charge in [-0.3, -0.25) is 4.79 Å². The Balaban J connectivity index is 1.89. The molecule has 0 aliphatic heterocycles. The number of fused-ring (bicyclic) bond motifs is 1. The molecule has 0 bridgehead atoms. The van der Waals surface area contributed by atoms with E-state index in [1.54, 1.807) is 24.3 Å². The molecule has 0 saturated carbocycles. The molecular weight excluding hydrogens is 287 g/mol. The zero-order valence-corrected chi connectivity index (χ0v) is 11.1. The van der Waals surface area contributed by atoms with Crippen LogP contribution in [0, 0.1) is 17.1 Å². The van der Waals surface area contributed by atoms with E-state index in [0.717, 1.165) is 6.07 Å². The summed E-state index contributed by atoms with van der Waals surface area (Å²) in [6.07, 6.45) is 0. The van der Waals surface area contributed by atoms with E-state index in [1.807, 2.05) is 0 Å². The number of benzene rings is 2. The van der Waals surface area contributed by atoms with Gasteiger partial charge in [0.1, 0.15) is 5.82 Å². The highest BCUT2D eigenvalue weighted by Crippen LogP contribution is 2.17. The number of hydrogen-bond acceptors (Lipinski definition) is 3. The molecule has 0 fully saturated rings. The van der Waals surface area contributed by atoms with Gasteiger partial charge in [-0.05, 0) is 36.4 Å². The van der Waals surface area contributed by atoms with Crippen LogP contribution in [0.1, 0.15) is 15.9 Å². The monoisotopic (exact) mass is 296 g/mol. The number of aromatic nitrogens is 2. The third kappa shape index (κ3) is 2.45. The van der Waals surface area contributed by atoms with E-state index >= 15 is 0 Å². The summed E-state index contributed by atoms with van der Waals surface area (Å²) in [7, 11) is 0. The van der Waals surface area contributed by atoms with Crippen molar-refractivity contribution in [1.82, 2.24) is 9.97 Å². The first kappa shape index (κ1) is 13.6. The summed E-state index contributed by atoms with van der Waals surface area (Å²) in [5, 5.41) is 11.2. The molecule has 22 heavy (non-hydrogen) atoms. The Morgan fingerprint density at radius 1 is 1.14 bits per heavy atom. The summed E-state index contributed by atoms with van der Waals surface area (Å²) in [5.41, 5.74) is 1.17. The summed E-state index contributed by atoms with van der Waals surface area (Å²) >= 11 is 0. The average Bonchev–Trinajstić information content (AvgIpc) is 2.86. The number of carbonyl (C=O) groups is 1. The Morgan fingerprint density at radius 2 is 1.91 bits per heavy atom. The number of carbonyl (C=O) groups excluding carboxylic acids is 1. The van der Waals surface area contributed by atoms with Crippen molar-refractivity contribution in [2.24, 2.45) is 0 Å². The molecule has 3 N–H and O–H groups in total. The predicted octanol–water partition coefficient (Wildman–Crippen LogP) is 2.12. The molecule has 0 spiro atoms. The Hall–Kier alpha value is -3.40. The number of nitrogens with one attached hydrogen (secondary N) is 3. The fourth-order valence-electron chi connectivity index (χ4n) is 2.08. The summed E-state index contributed by atoms with van der Waals surface area (Å²) in [4.78, 5) is 28.4. The van der Waals surface area contributed by atoms with Crippen molar-refractivity contribution < 1.29 is 9.18 Å². The number of nitrogens with zero attached hydrogens (tertiary/aromatic N) is 1. The summed E-state index contributed by atoms with van der Waals surface area (Å²) < 4.78 is 13.8.